The lowest BCUT2D eigenvalue weighted by atomic mass is 10.1. The molecule has 1 aliphatic carbocycles. The summed E-state index contributed by atoms with van der Waals surface area (Å²) in [6.07, 6.45) is 3.91. The van der Waals surface area contributed by atoms with E-state index in [1.807, 2.05) is 0 Å². The first kappa shape index (κ1) is 5.48. The van der Waals surface area contributed by atoms with Crippen LogP contribution in [0.15, 0.2) is 12.2 Å². The number of hydrogen-bond donors (Lipinski definition) is 1. The lowest BCUT2D eigenvalue weighted by Crippen LogP contribution is -2.21. The third kappa shape index (κ3) is 0.799. The third-order valence-corrected chi connectivity index (χ3v) is 2.55. The van der Waals surface area contributed by atoms with Gasteiger partial charge in [0.05, 0.1) is 0 Å². The predicted molar refractivity (Wildman–Crippen MR) is 38.3 cm³/mol. The second-order valence-corrected chi connectivity index (χ2v) is 3.27. The van der Waals surface area contributed by atoms with Gasteiger partial charge in [-0.15, -0.1) is 0 Å². The van der Waals surface area contributed by atoms with Gasteiger partial charge in [-0.2, -0.15) is 0 Å². The average molecular weight is 123 g/mol. The molecule has 1 heterocycles. The number of nitrogens with one attached hydrogen (secondary N) is 1. The number of rotatable bonds is 0. The van der Waals surface area contributed by atoms with Crippen molar-refractivity contribution >= 4 is 0 Å². The lowest BCUT2D eigenvalue weighted by Gasteiger charge is -2.04. The molecule has 2 aliphatic rings. The Morgan fingerprint density at radius 1 is 1.44 bits per heavy atom. The van der Waals surface area contributed by atoms with Gasteiger partial charge in [0, 0.05) is 6.04 Å². The van der Waals surface area contributed by atoms with Crippen LogP contribution in [-0.2, 0) is 0 Å². The van der Waals surface area contributed by atoms with Gasteiger partial charge in [-0.3, -0.25) is 0 Å². The van der Waals surface area contributed by atoms with Gasteiger partial charge < -0.3 is 5.32 Å². The summed E-state index contributed by atoms with van der Waals surface area (Å²) >= 11 is 0. The molecule has 2 fully saturated rings. The van der Waals surface area contributed by atoms with Gasteiger partial charge in [-0.25, -0.2) is 0 Å². The summed E-state index contributed by atoms with van der Waals surface area (Å²) in [5, 5.41) is 3.49. The smallest absolute Gasteiger partial charge is 0.0136 e. The average Bonchev–Trinajstić information content (AvgIpc) is 2.22. The van der Waals surface area contributed by atoms with E-state index in [0.717, 1.165) is 12.0 Å². The summed E-state index contributed by atoms with van der Waals surface area (Å²) in [6, 6.07) is 0.803. The molecule has 0 aromatic heterocycles. The van der Waals surface area contributed by atoms with Gasteiger partial charge >= 0.3 is 0 Å². The summed E-state index contributed by atoms with van der Waals surface area (Å²) < 4.78 is 0. The van der Waals surface area contributed by atoms with Crippen molar-refractivity contribution in [3.8, 4) is 0 Å². The highest BCUT2D eigenvalue weighted by molar-refractivity contribution is 5.10. The maximum Gasteiger partial charge on any atom is 0.0136 e. The molecule has 2 atom stereocenters. The molecule has 50 valence electrons. The zero-order valence-corrected chi connectivity index (χ0v) is 5.69. The highest BCUT2D eigenvalue weighted by Crippen LogP contribution is 2.34. The number of fused-ring (bicyclic) bond motifs is 1. The van der Waals surface area contributed by atoms with E-state index in [-0.39, 0.29) is 0 Å². The molecule has 0 radical (unpaired) electrons. The van der Waals surface area contributed by atoms with E-state index in [9.17, 15) is 0 Å². The van der Waals surface area contributed by atoms with Crippen molar-refractivity contribution in [3.05, 3.63) is 12.2 Å². The monoisotopic (exact) mass is 123 g/mol. The molecule has 1 saturated heterocycles. The molecule has 9 heavy (non-hydrogen) atoms. The Kier molecular flexibility index (Phi) is 1.12. The van der Waals surface area contributed by atoms with Crippen LogP contribution >= 0.6 is 0 Å². The van der Waals surface area contributed by atoms with Gasteiger partial charge in [-0.05, 0) is 31.7 Å². The Morgan fingerprint density at radius 2 is 2.33 bits per heavy atom. The van der Waals surface area contributed by atoms with Gasteiger partial charge in [0.1, 0.15) is 0 Å². The summed E-state index contributed by atoms with van der Waals surface area (Å²) in [4.78, 5) is 0. The second-order valence-electron chi connectivity index (χ2n) is 3.27. The summed E-state index contributed by atoms with van der Waals surface area (Å²) in [5.74, 6) is 0.942. The molecule has 2 rings (SSSR count). The van der Waals surface area contributed by atoms with Gasteiger partial charge in [0.25, 0.3) is 0 Å². The first-order chi connectivity index (χ1) is 4.36. The molecule has 0 spiro atoms. The third-order valence-electron chi connectivity index (χ3n) is 2.55. The minimum atomic E-state index is 0.803. The van der Waals surface area contributed by atoms with Crippen molar-refractivity contribution in [2.75, 3.05) is 6.54 Å². The zero-order chi connectivity index (χ0) is 6.27. The van der Waals surface area contributed by atoms with Crippen LogP contribution in [0.25, 0.3) is 0 Å². The molecule has 1 heteroatoms. The molecular weight excluding hydrogens is 110 g/mol. The topological polar surface area (TPSA) is 12.0 Å². The summed E-state index contributed by atoms with van der Waals surface area (Å²) in [5.41, 5.74) is 1.46. The molecular formula is C8H13N. The van der Waals surface area contributed by atoms with E-state index in [2.05, 4.69) is 11.9 Å². The normalized spacial score (nSPS) is 41.6. The Hall–Kier alpha value is -0.300. The van der Waals surface area contributed by atoms with Crippen molar-refractivity contribution in [2.24, 2.45) is 5.92 Å². The van der Waals surface area contributed by atoms with Crippen LogP contribution in [0.2, 0.25) is 0 Å². The fourth-order valence-corrected chi connectivity index (χ4v) is 2.07. The molecule has 0 bridgehead atoms. The van der Waals surface area contributed by atoms with Crippen molar-refractivity contribution in [3.63, 3.8) is 0 Å². The van der Waals surface area contributed by atoms with Crippen LogP contribution < -0.4 is 5.32 Å². The first-order valence-corrected chi connectivity index (χ1v) is 3.76. The molecule has 1 nitrogen and oxygen atoms in total. The highest BCUT2D eigenvalue weighted by atomic mass is 15.0. The number of hydrogen-bond acceptors (Lipinski definition) is 1. The maximum absolute atomic E-state index is 4.00. The van der Waals surface area contributed by atoms with Crippen LogP contribution in [0.5, 0.6) is 0 Å². The van der Waals surface area contributed by atoms with Crippen LogP contribution in [0.3, 0.4) is 0 Å². The van der Waals surface area contributed by atoms with Crippen LogP contribution in [0.1, 0.15) is 19.3 Å². The van der Waals surface area contributed by atoms with E-state index in [1.54, 1.807) is 0 Å². The first-order valence-electron chi connectivity index (χ1n) is 3.76. The fourth-order valence-electron chi connectivity index (χ4n) is 2.07. The Morgan fingerprint density at radius 3 is 3.11 bits per heavy atom. The lowest BCUT2D eigenvalue weighted by molar-refractivity contribution is 0.519. The molecule has 0 amide bonds. The fraction of sp³-hybridized carbons (Fsp3) is 0.750. The van der Waals surface area contributed by atoms with Crippen molar-refractivity contribution in [1.29, 1.82) is 0 Å². The largest absolute Gasteiger partial charge is 0.313 e. The molecule has 1 N–H and O–H groups in total. The Labute approximate surface area is 56.1 Å². The Bertz CT molecular complexity index is 126. The zero-order valence-electron chi connectivity index (χ0n) is 5.69. The van der Waals surface area contributed by atoms with Gasteiger partial charge in [0.2, 0.25) is 0 Å². The predicted octanol–water partition coefficient (Wildman–Crippen LogP) is 1.31. The SMILES string of the molecule is C=C1C[C@H]2CCN[C@@H]2C1. The molecule has 0 unspecified atom stereocenters. The van der Waals surface area contributed by atoms with Crippen LogP contribution in [0, 0.1) is 5.92 Å². The highest BCUT2D eigenvalue weighted by Gasteiger charge is 2.32. The van der Waals surface area contributed by atoms with E-state index < -0.39 is 0 Å². The summed E-state index contributed by atoms with van der Waals surface area (Å²) in [6.45, 7) is 5.24. The Balaban J connectivity index is 2.09. The summed E-state index contributed by atoms with van der Waals surface area (Å²) in [7, 11) is 0. The molecule has 1 saturated carbocycles. The quantitative estimate of drug-likeness (QED) is 0.479. The van der Waals surface area contributed by atoms with Crippen LogP contribution in [-0.4, -0.2) is 12.6 Å². The minimum absolute atomic E-state index is 0.803. The molecule has 0 aromatic carbocycles. The van der Waals surface area contributed by atoms with E-state index in [0.29, 0.717) is 0 Å². The molecule has 0 aromatic rings. The van der Waals surface area contributed by atoms with E-state index in [4.69, 9.17) is 0 Å². The van der Waals surface area contributed by atoms with Crippen LogP contribution in [0.4, 0.5) is 0 Å². The van der Waals surface area contributed by atoms with Crippen molar-refractivity contribution < 1.29 is 0 Å². The van der Waals surface area contributed by atoms with Crippen molar-refractivity contribution in [2.45, 2.75) is 25.3 Å². The second kappa shape index (κ2) is 1.84. The van der Waals surface area contributed by atoms with E-state index in [1.165, 1.54) is 31.4 Å². The minimum Gasteiger partial charge on any atom is -0.313 e. The van der Waals surface area contributed by atoms with Gasteiger partial charge in [-0.1, -0.05) is 12.2 Å². The standard InChI is InChI=1S/C8H13N/c1-6-4-7-2-3-9-8(7)5-6/h7-9H,1-5H2/t7-,8-/m1/s1. The maximum atomic E-state index is 4.00. The molecule has 1 aliphatic heterocycles. The van der Waals surface area contributed by atoms with Crippen molar-refractivity contribution in [1.82, 2.24) is 5.32 Å². The van der Waals surface area contributed by atoms with Gasteiger partial charge in [0.15, 0.2) is 0 Å². The van der Waals surface area contributed by atoms with E-state index >= 15 is 0 Å².